The summed E-state index contributed by atoms with van der Waals surface area (Å²) in [7, 11) is 0.858. The maximum absolute atomic E-state index is 11.0. The second-order valence-electron chi connectivity index (χ2n) is 2.43. The highest BCUT2D eigenvalue weighted by Gasteiger charge is 2.24. The van der Waals surface area contributed by atoms with Gasteiger partial charge in [0.05, 0.1) is 4.92 Å². The van der Waals surface area contributed by atoms with Gasteiger partial charge in [-0.25, -0.2) is 8.42 Å². The minimum Gasteiger partial charge on any atom is -0.258 e. The van der Waals surface area contributed by atoms with Crippen molar-refractivity contribution >= 4 is 48.6 Å². The Labute approximate surface area is 99.1 Å². The molecule has 0 aromatic heterocycles. The first-order valence-corrected chi connectivity index (χ1v) is 6.38. The van der Waals surface area contributed by atoms with E-state index in [0.29, 0.717) is 0 Å². The summed E-state index contributed by atoms with van der Waals surface area (Å²) in [6, 6.07) is 1.88. The first-order valence-electron chi connectivity index (χ1n) is 3.31. The molecule has 0 N–H and O–H groups in total. The highest BCUT2D eigenvalue weighted by atomic mass is 35.7. The van der Waals surface area contributed by atoms with Gasteiger partial charge in [-0.15, -0.1) is 0 Å². The molecule has 0 saturated carbocycles. The fraction of sp³-hybridized carbons (Fsp3) is 0. The molecule has 0 bridgehead atoms. The lowest BCUT2D eigenvalue weighted by Crippen LogP contribution is -1.97. The van der Waals surface area contributed by atoms with Crippen LogP contribution in [0.3, 0.4) is 0 Å². The van der Waals surface area contributed by atoms with E-state index in [9.17, 15) is 18.5 Å². The van der Waals surface area contributed by atoms with Crippen LogP contribution in [-0.2, 0) is 9.05 Å². The van der Waals surface area contributed by atoms with Crippen LogP contribution in [0.15, 0.2) is 17.0 Å². The van der Waals surface area contributed by atoms with Gasteiger partial charge in [-0.1, -0.05) is 23.2 Å². The SMILES string of the molecule is O=[N+]([O-])c1cc(Cl)cc(S(=O)(=O)Cl)c1Cl. The molecule has 0 aliphatic carbocycles. The number of benzene rings is 1. The summed E-state index contributed by atoms with van der Waals surface area (Å²) in [6.07, 6.45) is 0. The van der Waals surface area contributed by atoms with Crippen LogP contribution in [0.4, 0.5) is 5.69 Å². The maximum Gasteiger partial charge on any atom is 0.290 e. The van der Waals surface area contributed by atoms with E-state index in [1.54, 1.807) is 0 Å². The Morgan fingerprint density at radius 3 is 2.20 bits per heavy atom. The fourth-order valence-electron chi connectivity index (χ4n) is 0.861. The lowest BCUT2D eigenvalue weighted by Gasteiger charge is -2.01. The van der Waals surface area contributed by atoms with Crippen molar-refractivity contribution in [2.75, 3.05) is 0 Å². The number of halogens is 3. The Hall–Kier alpha value is -0.560. The maximum atomic E-state index is 11.0. The van der Waals surface area contributed by atoms with E-state index in [4.69, 9.17) is 33.9 Å². The van der Waals surface area contributed by atoms with E-state index < -0.39 is 29.6 Å². The van der Waals surface area contributed by atoms with Crippen LogP contribution in [0, 0.1) is 10.1 Å². The molecule has 0 aliphatic heterocycles. The molecule has 0 fully saturated rings. The third kappa shape index (κ3) is 2.72. The standard InChI is InChI=1S/C6H2Cl3NO4S/c7-3-1-4(10(11)12)6(8)5(2-3)15(9,13)14/h1-2H. The van der Waals surface area contributed by atoms with Gasteiger partial charge in [0.15, 0.2) is 0 Å². The van der Waals surface area contributed by atoms with Crippen molar-refractivity contribution in [3.8, 4) is 0 Å². The predicted molar refractivity (Wildman–Crippen MR) is 56.2 cm³/mol. The molecule has 0 atom stereocenters. The number of nitro benzene ring substituents is 1. The molecular formula is C6H2Cl3NO4S. The second-order valence-corrected chi connectivity index (χ2v) is 5.78. The summed E-state index contributed by atoms with van der Waals surface area (Å²) in [6.45, 7) is 0. The molecule has 0 unspecified atom stereocenters. The molecule has 9 heteroatoms. The van der Waals surface area contributed by atoms with E-state index in [-0.39, 0.29) is 5.02 Å². The van der Waals surface area contributed by atoms with Crippen LogP contribution in [0.2, 0.25) is 10.0 Å². The van der Waals surface area contributed by atoms with Crippen molar-refractivity contribution in [2.24, 2.45) is 0 Å². The molecule has 0 amide bonds. The number of rotatable bonds is 2. The topological polar surface area (TPSA) is 77.3 Å². The molecule has 1 rings (SSSR count). The summed E-state index contributed by atoms with van der Waals surface area (Å²) in [4.78, 5) is 9.05. The average Bonchev–Trinajstić information content (AvgIpc) is 2.06. The Morgan fingerprint density at radius 1 is 1.27 bits per heavy atom. The van der Waals surface area contributed by atoms with Crippen molar-refractivity contribution in [3.63, 3.8) is 0 Å². The monoisotopic (exact) mass is 289 g/mol. The van der Waals surface area contributed by atoms with Gasteiger partial charge in [0.2, 0.25) is 0 Å². The Morgan fingerprint density at radius 2 is 1.80 bits per heavy atom. The fourth-order valence-corrected chi connectivity index (χ4v) is 2.69. The average molecular weight is 291 g/mol. The van der Waals surface area contributed by atoms with E-state index in [2.05, 4.69) is 0 Å². The van der Waals surface area contributed by atoms with Gasteiger partial charge in [-0.05, 0) is 6.07 Å². The third-order valence-corrected chi connectivity index (χ3v) is 3.52. The van der Waals surface area contributed by atoms with Crippen LogP contribution in [0.5, 0.6) is 0 Å². The zero-order chi connectivity index (χ0) is 11.8. The van der Waals surface area contributed by atoms with E-state index in [1.165, 1.54) is 0 Å². The van der Waals surface area contributed by atoms with Gasteiger partial charge >= 0.3 is 0 Å². The molecule has 1 aromatic carbocycles. The lowest BCUT2D eigenvalue weighted by molar-refractivity contribution is -0.384. The molecule has 0 saturated heterocycles. The summed E-state index contributed by atoms with van der Waals surface area (Å²) in [5.41, 5.74) is -0.608. The first kappa shape index (κ1) is 12.5. The van der Waals surface area contributed by atoms with Gasteiger partial charge in [-0.2, -0.15) is 0 Å². The van der Waals surface area contributed by atoms with Gasteiger partial charge in [0, 0.05) is 21.8 Å². The number of nitrogens with zero attached hydrogens (tertiary/aromatic N) is 1. The van der Waals surface area contributed by atoms with Crippen molar-refractivity contribution in [1.29, 1.82) is 0 Å². The Bertz CT molecular complexity index is 527. The van der Waals surface area contributed by atoms with Gasteiger partial charge < -0.3 is 0 Å². The van der Waals surface area contributed by atoms with Crippen molar-refractivity contribution in [1.82, 2.24) is 0 Å². The molecule has 15 heavy (non-hydrogen) atoms. The summed E-state index contributed by atoms with van der Waals surface area (Å²) in [5, 5.41) is 9.79. The highest BCUT2D eigenvalue weighted by Crippen LogP contribution is 2.35. The molecule has 0 heterocycles. The van der Waals surface area contributed by atoms with Crippen molar-refractivity contribution in [3.05, 3.63) is 32.3 Å². The van der Waals surface area contributed by atoms with Crippen LogP contribution in [0.1, 0.15) is 0 Å². The molecular weight excluding hydrogens is 288 g/mol. The van der Waals surface area contributed by atoms with Crippen LogP contribution in [0.25, 0.3) is 0 Å². The van der Waals surface area contributed by atoms with Crippen LogP contribution in [-0.4, -0.2) is 13.3 Å². The molecule has 1 aromatic rings. The Kier molecular flexibility index (Phi) is 3.44. The van der Waals surface area contributed by atoms with Crippen molar-refractivity contribution in [2.45, 2.75) is 4.90 Å². The third-order valence-electron chi connectivity index (χ3n) is 1.44. The zero-order valence-electron chi connectivity index (χ0n) is 6.78. The van der Waals surface area contributed by atoms with Crippen LogP contribution >= 0.6 is 33.9 Å². The quantitative estimate of drug-likeness (QED) is 0.477. The van der Waals surface area contributed by atoms with E-state index in [1.807, 2.05) is 0 Å². The second kappa shape index (κ2) is 4.13. The van der Waals surface area contributed by atoms with E-state index >= 15 is 0 Å². The van der Waals surface area contributed by atoms with Gasteiger partial charge in [0.1, 0.15) is 9.92 Å². The minimum absolute atomic E-state index is 0.134. The lowest BCUT2D eigenvalue weighted by atomic mass is 10.3. The molecule has 0 spiro atoms. The molecule has 5 nitrogen and oxygen atoms in total. The smallest absolute Gasteiger partial charge is 0.258 e. The summed E-state index contributed by atoms with van der Waals surface area (Å²) < 4.78 is 22.0. The number of nitro groups is 1. The van der Waals surface area contributed by atoms with Crippen molar-refractivity contribution < 1.29 is 13.3 Å². The van der Waals surface area contributed by atoms with E-state index in [0.717, 1.165) is 12.1 Å². The number of hydrogen-bond acceptors (Lipinski definition) is 4. The molecule has 0 radical (unpaired) electrons. The first-order chi connectivity index (χ1) is 6.73. The molecule has 0 aliphatic rings. The summed E-state index contributed by atoms with van der Waals surface area (Å²) >= 11 is 11.0. The zero-order valence-corrected chi connectivity index (χ0v) is 9.86. The van der Waals surface area contributed by atoms with Gasteiger partial charge in [-0.3, -0.25) is 10.1 Å². The van der Waals surface area contributed by atoms with Gasteiger partial charge in [0.25, 0.3) is 14.7 Å². The van der Waals surface area contributed by atoms with Crippen LogP contribution < -0.4 is 0 Å². The Balaban J connectivity index is 3.63. The number of hydrogen-bond donors (Lipinski definition) is 0. The predicted octanol–water partition coefficient (Wildman–Crippen LogP) is 2.83. The minimum atomic E-state index is -4.16. The highest BCUT2D eigenvalue weighted by molar-refractivity contribution is 8.13. The summed E-state index contributed by atoms with van der Waals surface area (Å²) in [5.74, 6) is 0. The normalized spacial score (nSPS) is 11.4. The largest absolute Gasteiger partial charge is 0.290 e. The molecule has 82 valence electrons.